The second-order valence-corrected chi connectivity index (χ2v) is 7.50. The van der Waals surface area contributed by atoms with Gasteiger partial charge in [-0.05, 0) is 51.4 Å². The minimum atomic E-state index is 0.362. The van der Waals surface area contributed by atoms with E-state index in [4.69, 9.17) is 5.11 Å². The summed E-state index contributed by atoms with van der Waals surface area (Å²) in [6.07, 6.45) is 17.3. The Morgan fingerprint density at radius 2 is 0.826 bits per heavy atom. The van der Waals surface area contributed by atoms with Crippen molar-refractivity contribution in [2.75, 3.05) is 32.8 Å². The Bertz CT molecular complexity index is 206. The quantitative estimate of drug-likeness (QED) is 0.244. The molecule has 0 aromatic rings. The van der Waals surface area contributed by atoms with Crippen molar-refractivity contribution in [2.45, 2.75) is 104 Å². The van der Waals surface area contributed by atoms with Gasteiger partial charge < -0.3 is 9.59 Å². The monoisotopic (exact) mass is 328 g/mol. The van der Waals surface area contributed by atoms with Crippen LogP contribution in [0.2, 0.25) is 0 Å². The minimum absolute atomic E-state index is 0.362. The molecule has 0 fully saturated rings. The normalized spacial score (nSPS) is 12.0. The highest BCUT2D eigenvalue weighted by molar-refractivity contribution is 4.52. The van der Waals surface area contributed by atoms with Crippen LogP contribution in [0.15, 0.2) is 0 Å². The molecular formula is C21H46NO+. The van der Waals surface area contributed by atoms with Gasteiger partial charge in [-0.25, -0.2) is 0 Å². The second-order valence-electron chi connectivity index (χ2n) is 7.50. The molecule has 23 heavy (non-hydrogen) atoms. The topological polar surface area (TPSA) is 20.2 Å². The standard InChI is InChI=1S/C21H46NO/c1-4-7-10-13-18-22(17-12-9-6-3,20-15-16-21-23)19-14-11-8-5-2/h23H,4-21H2,1-3H3/q+1. The molecule has 0 heterocycles. The summed E-state index contributed by atoms with van der Waals surface area (Å²) in [7, 11) is 0. The number of rotatable bonds is 18. The number of unbranched alkanes of at least 4 members (excludes halogenated alkanes) is 9. The summed E-state index contributed by atoms with van der Waals surface area (Å²) in [4.78, 5) is 0. The molecule has 0 rings (SSSR count). The van der Waals surface area contributed by atoms with E-state index in [2.05, 4.69) is 20.8 Å². The zero-order valence-electron chi connectivity index (χ0n) is 16.6. The molecule has 0 aliphatic carbocycles. The summed E-state index contributed by atoms with van der Waals surface area (Å²) in [5, 5.41) is 9.16. The van der Waals surface area contributed by atoms with E-state index >= 15 is 0 Å². The maximum atomic E-state index is 9.16. The van der Waals surface area contributed by atoms with Crippen molar-refractivity contribution in [1.82, 2.24) is 0 Å². The van der Waals surface area contributed by atoms with E-state index in [1.807, 2.05) is 0 Å². The molecule has 140 valence electrons. The van der Waals surface area contributed by atoms with Gasteiger partial charge in [0.2, 0.25) is 0 Å². The van der Waals surface area contributed by atoms with Crippen LogP contribution in [0.5, 0.6) is 0 Å². The van der Waals surface area contributed by atoms with Crippen molar-refractivity contribution in [3.8, 4) is 0 Å². The largest absolute Gasteiger partial charge is 0.396 e. The summed E-state index contributed by atoms with van der Waals surface area (Å²) >= 11 is 0. The van der Waals surface area contributed by atoms with E-state index in [9.17, 15) is 0 Å². The van der Waals surface area contributed by atoms with Crippen LogP contribution < -0.4 is 0 Å². The van der Waals surface area contributed by atoms with Crippen molar-refractivity contribution in [3.63, 3.8) is 0 Å². The van der Waals surface area contributed by atoms with Crippen LogP contribution in [0.1, 0.15) is 104 Å². The highest BCUT2D eigenvalue weighted by atomic mass is 16.2. The lowest BCUT2D eigenvalue weighted by atomic mass is 10.1. The predicted molar refractivity (Wildman–Crippen MR) is 104 cm³/mol. The SMILES string of the molecule is CCCCCC[N+](CCCCC)(CCCCO)CCCCCC. The molecule has 0 saturated heterocycles. The van der Waals surface area contributed by atoms with E-state index < -0.39 is 0 Å². The number of nitrogens with zero attached hydrogens (tertiary/aromatic N) is 1. The van der Waals surface area contributed by atoms with Gasteiger partial charge in [0.25, 0.3) is 0 Å². The van der Waals surface area contributed by atoms with Gasteiger partial charge >= 0.3 is 0 Å². The van der Waals surface area contributed by atoms with Crippen molar-refractivity contribution >= 4 is 0 Å². The van der Waals surface area contributed by atoms with Gasteiger partial charge in [0.15, 0.2) is 0 Å². The van der Waals surface area contributed by atoms with E-state index in [0.717, 1.165) is 6.42 Å². The fourth-order valence-corrected chi connectivity index (χ4v) is 3.68. The third kappa shape index (κ3) is 12.9. The maximum absolute atomic E-state index is 9.16. The smallest absolute Gasteiger partial charge is 0.0787 e. The molecule has 0 aliphatic rings. The fourth-order valence-electron chi connectivity index (χ4n) is 3.68. The average Bonchev–Trinajstić information content (AvgIpc) is 2.56. The van der Waals surface area contributed by atoms with Crippen LogP contribution >= 0.6 is 0 Å². The van der Waals surface area contributed by atoms with E-state index in [0.29, 0.717) is 6.61 Å². The number of aliphatic hydroxyl groups is 1. The Morgan fingerprint density at radius 1 is 0.478 bits per heavy atom. The molecule has 1 N–H and O–H groups in total. The first-order chi connectivity index (χ1) is 11.2. The molecule has 2 heteroatoms. The molecule has 0 aliphatic heterocycles. The predicted octanol–water partition coefficient (Wildman–Crippen LogP) is 5.93. The average molecular weight is 329 g/mol. The number of hydrogen-bond donors (Lipinski definition) is 1. The fraction of sp³-hybridized carbons (Fsp3) is 1.00. The van der Waals surface area contributed by atoms with Crippen LogP contribution in [0.3, 0.4) is 0 Å². The van der Waals surface area contributed by atoms with Crippen molar-refractivity contribution in [3.05, 3.63) is 0 Å². The zero-order valence-corrected chi connectivity index (χ0v) is 16.6. The Hall–Kier alpha value is -0.0800. The molecule has 0 bridgehead atoms. The van der Waals surface area contributed by atoms with E-state index in [1.165, 1.54) is 108 Å². The van der Waals surface area contributed by atoms with Crippen LogP contribution in [0.4, 0.5) is 0 Å². The molecular weight excluding hydrogens is 282 g/mol. The van der Waals surface area contributed by atoms with Gasteiger partial charge in [0, 0.05) is 6.61 Å². The molecule has 0 radical (unpaired) electrons. The van der Waals surface area contributed by atoms with Gasteiger partial charge in [-0.15, -0.1) is 0 Å². The minimum Gasteiger partial charge on any atom is -0.396 e. The van der Waals surface area contributed by atoms with Crippen LogP contribution in [0, 0.1) is 0 Å². The third-order valence-corrected chi connectivity index (χ3v) is 5.25. The van der Waals surface area contributed by atoms with Crippen LogP contribution in [-0.2, 0) is 0 Å². The van der Waals surface area contributed by atoms with E-state index in [1.54, 1.807) is 0 Å². The molecule has 0 amide bonds. The summed E-state index contributed by atoms with van der Waals surface area (Å²) in [5.74, 6) is 0. The summed E-state index contributed by atoms with van der Waals surface area (Å²) in [5.41, 5.74) is 0. The first kappa shape index (κ1) is 22.9. The lowest BCUT2D eigenvalue weighted by Crippen LogP contribution is -2.50. The molecule has 0 saturated carbocycles. The number of quaternary nitrogens is 1. The Kier molecular flexibility index (Phi) is 16.7. The van der Waals surface area contributed by atoms with Gasteiger partial charge in [0.05, 0.1) is 26.2 Å². The van der Waals surface area contributed by atoms with E-state index in [-0.39, 0.29) is 0 Å². The maximum Gasteiger partial charge on any atom is 0.0787 e. The summed E-state index contributed by atoms with van der Waals surface area (Å²) < 4.78 is 1.34. The van der Waals surface area contributed by atoms with Crippen molar-refractivity contribution in [1.29, 1.82) is 0 Å². The highest BCUT2D eigenvalue weighted by Crippen LogP contribution is 2.18. The molecule has 0 unspecified atom stereocenters. The Balaban J connectivity index is 4.55. The summed E-state index contributed by atoms with van der Waals surface area (Å²) in [6.45, 7) is 12.7. The Labute approximate surface area is 147 Å². The molecule has 0 aromatic heterocycles. The lowest BCUT2D eigenvalue weighted by molar-refractivity contribution is -0.929. The third-order valence-electron chi connectivity index (χ3n) is 5.25. The lowest BCUT2D eigenvalue weighted by Gasteiger charge is -2.39. The Morgan fingerprint density at radius 3 is 1.22 bits per heavy atom. The van der Waals surface area contributed by atoms with Gasteiger partial charge in [-0.3, -0.25) is 0 Å². The first-order valence-electron chi connectivity index (χ1n) is 10.7. The highest BCUT2D eigenvalue weighted by Gasteiger charge is 2.25. The van der Waals surface area contributed by atoms with Gasteiger partial charge in [0.1, 0.15) is 0 Å². The molecule has 2 nitrogen and oxygen atoms in total. The zero-order chi connectivity index (χ0) is 17.2. The van der Waals surface area contributed by atoms with Gasteiger partial charge in [-0.2, -0.15) is 0 Å². The molecule has 0 spiro atoms. The first-order valence-corrected chi connectivity index (χ1v) is 10.7. The van der Waals surface area contributed by atoms with Crippen LogP contribution in [0.25, 0.3) is 0 Å². The summed E-state index contributed by atoms with van der Waals surface area (Å²) in [6, 6.07) is 0. The van der Waals surface area contributed by atoms with Crippen LogP contribution in [-0.4, -0.2) is 42.4 Å². The number of hydrogen-bond acceptors (Lipinski definition) is 1. The van der Waals surface area contributed by atoms with Gasteiger partial charge in [-0.1, -0.05) is 52.9 Å². The molecule has 0 aromatic carbocycles. The second kappa shape index (κ2) is 16.8. The number of aliphatic hydroxyl groups excluding tert-OH is 1. The van der Waals surface area contributed by atoms with Crippen molar-refractivity contribution < 1.29 is 9.59 Å². The molecule has 0 atom stereocenters. The van der Waals surface area contributed by atoms with Crippen molar-refractivity contribution in [2.24, 2.45) is 0 Å².